The Hall–Kier alpha value is -3.39. The van der Waals surface area contributed by atoms with Crippen LogP contribution in [-0.2, 0) is 23.4 Å². The number of aromatic nitrogens is 4. The number of fused-ring (bicyclic) bond motifs is 2. The maximum Gasteiger partial charge on any atom is 0.459 e. The van der Waals surface area contributed by atoms with Crippen molar-refractivity contribution in [1.29, 1.82) is 0 Å². The predicted octanol–water partition coefficient (Wildman–Crippen LogP) is 4.67. The molecule has 4 aromatic rings. The van der Waals surface area contributed by atoms with Crippen molar-refractivity contribution in [3.05, 3.63) is 54.6 Å². The predicted molar refractivity (Wildman–Crippen MR) is 166 cm³/mol. The molecule has 1 saturated heterocycles. The summed E-state index contributed by atoms with van der Waals surface area (Å²) in [5, 5.41) is 18.1. The Morgan fingerprint density at radius 2 is 1.96 bits per heavy atom. The van der Waals surface area contributed by atoms with Crippen molar-refractivity contribution in [1.82, 2.24) is 24.6 Å². The molecule has 6 atom stereocenters. The van der Waals surface area contributed by atoms with Gasteiger partial charge in [-0.05, 0) is 39.1 Å². The van der Waals surface area contributed by atoms with Crippen molar-refractivity contribution < 1.29 is 37.4 Å². The third-order valence-electron chi connectivity index (χ3n) is 7.24. The van der Waals surface area contributed by atoms with Crippen LogP contribution in [0.4, 0.5) is 10.2 Å². The molecule has 2 aromatic heterocycles. The van der Waals surface area contributed by atoms with Crippen molar-refractivity contribution in [3.8, 4) is 5.75 Å². The molecule has 5 rings (SSSR count). The molecule has 0 bridgehead atoms. The Balaban J connectivity index is 1.45. The van der Waals surface area contributed by atoms with Crippen LogP contribution in [0.15, 0.2) is 48.8 Å². The van der Waals surface area contributed by atoms with E-state index in [1.54, 1.807) is 52.1 Å². The fourth-order valence-corrected chi connectivity index (χ4v) is 6.86. The van der Waals surface area contributed by atoms with E-state index in [0.29, 0.717) is 22.5 Å². The molecule has 2 aromatic carbocycles. The van der Waals surface area contributed by atoms with Gasteiger partial charge in [0.1, 0.15) is 29.3 Å². The number of anilines is 1. The van der Waals surface area contributed by atoms with Crippen LogP contribution in [0, 0.1) is 6.92 Å². The highest BCUT2D eigenvalue weighted by Gasteiger charge is 2.57. The average molecular weight is 665 g/mol. The summed E-state index contributed by atoms with van der Waals surface area (Å²) in [6.45, 7) is 5.78. The first kappa shape index (κ1) is 33.0. The minimum absolute atomic E-state index is 0.197. The number of esters is 1. The van der Waals surface area contributed by atoms with E-state index in [1.807, 2.05) is 18.2 Å². The molecule has 1 aliphatic rings. The monoisotopic (exact) mass is 664 g/mol. The number of aliphatic hydroxyl groups is 1. The van der Waals surface area contributed by atoms with Crippen LogP contribution in [0.2, 0.25) is 0 Å². The lowest BCUT2D eigenvalue weighted by Gasteiger charge is -2.31. The van der Waals surface area contributed by atoms with Gasteiger partial charge >= 0.3 is 13.7 Å². The van der Waals surface area contributed by atoms with E-state index >= 15 is 4.39 Å². The van der Waals surface area contributed by atoms with Crippen LogP contribution in [0.5, 0.6) is 5.75 Å². The van der Waals surface area contributed by atoms with Crippen LogP contribution in [0.1, 0.15) is 32.8 Å². The number of hydrogen-bond acceptors (Lipinski definition) is 11. The second kappa shape index (κ2) is 13.1. The number of rotatable bonds is 12. The lowest BCUT2D eigenvalue weighted by atomic mass is 9.99. The van der Waals surface area contributed by atoms with E-state index in [4.69, 9.17) is 30.1 Å². The molecule has 3 heterocycles. The zero-order valence-corrected chi connectivity index (χ0v) is 27.0. The van der Waals surface area contributed by atoms with Gasteiger partial charge in [-0.1, -0.05) is 36.4 Å². The van der Waals surface area contributed by atoms with Gasteiger partial charge in [0.25, 0.3) is 0 Å². The minimum atomic E-state index is -4.46. The number of nitrogens with zero attached hydrogens (tertiary/aromatic N) is 4. The zero-order chi connectivity index (χ0) is 32.5. The van der Waals surface area contributed by atoms with Gasteiger partial charge in [-0.2, -0.15) is 5.09 Å². The Morgan fingerprint density at radius 3 is 2.67 bits per heavy atom. The first-order valence-electron chi connectivity index (χ1n) is 14.3. The number of halogens is 2. The molecule has 0 spiro atoms. The average Bonchev–Trinajstić information content (AvgIpc) is 3.54. The van der Waals surface area contributed by atoms with Crippen LogP contribution in [0.25, 0.3) is 21.9 Å². The number of hydrogen-bond donors (Lipinski definition) is 3. The van der Waals surface area contributed by atoms with Crippen LogP contribution >= 0.6 is 19.3 Å². The van der Waals surface area contributed by atoms with Gasteiger partial charge in [-0.3, -0.25) is 13.9 Å². The molecular formula is C29H35ClFN6O7P. The first-order chi connectivity index (χ1) is 21.4. The van der Waals surface area contributed by atoms with Gasteiger partial charge in [-0.25, -0.2) is 23.9 Å². The standard InChI is InChI=1S/C29H35ClFN6O7P/c1-16(2)42-28(39)17(3)36-45(40,44-21-12-8-10-19-9-6-7-11-20(19)21)41-14-29(13-30)24(38)22(31)27(43-29)37-15-33-23-25(32-5)34-18(4)35-26(23)37/h6-12,15-17,22,24,27,38H,13-14H2,1-5H3,(H,36,40)(H,32,34,35)/t17-,22-,24+,27-,29-,45?/m1/s1. The maximum absolute atomic E-state index is 15.8. The highest BCUT2D eigenvalue weighted by molar-refractivity contribution is 7.52. The van der Waals surface area contributed by atoms with Crippen LogP contribution in [-0.4, -0.2) is 80.2 Å². The van der Waals surface area contributed by atoms with Crippen LogP contribution < -0.4 is 14.9 Å². The number of carbonyl (C=O) groups is 1. The highest BCUT2D eigenvalue weighted by atomic mass is 35.5. The molecule has 0 aliphatic carbocycles. The molecule has 0 radical (unpaired) electrons. The zero-order valence-electron chi connectivity index (χ0n) is 25.3. The number of imidazole rings is 1. The Labute approximate surface area is 264 Å². The molecule has 45 heavy (non-hydrogen) atoms. The summed E-state index contributed by atoms with van der Waals surface area (Å²) >= 11 is 6.31. The van der Waals surface area contributed by atoms with E-state index < -0.39 is 62.5 Å². The summed E-state index contributed by atoms with van der Waals surface area (Å²) in [4.78, 5) is 25.6. The molecule has 13 nitrogen and oxygen atoms in total. The van der Waals surface area contributed by atoms with Crippen molar-refractivity contribution in [2.45, 2.75) is 63.9 Å². The van der Waals surface area contributed by atoms with Crippen molar-refractivity contribution in [2.75, 3.05) is 24.9 Å². The molecule has 16 heteroatoms. The topological polar surface area (TPSA) is 159 Å². The molecule has 1 unspecified atom stereocenters. The lowest BCUT2D eigenvalue weighted by Crippen LogP contribution is -2.48. The SMILES string of the molecule is CNc1nc(C)nc2c1ncn2[C@@H]1O[C@](CCl)(COP(=O)(N[C@H](C)C(=O)OC(C)C)Oc2cccc3ccccc23)[C@@H](O)[C@H]1F. The smallest absolute Gasteiger partial charge is 0.459 e. The largest absolute Gasteiger partial charge is 0.462 e. The minimum Gasteiger partial charge on any atom is -0.462 e. The highest BCUT2D eigenvalue weighted by Crippen LogP contribution is 2.50. The summed E-state index contributed by atoms with van der Waals surface area (Å²) in [5.41, 5.74) is -1.26. The van der Waals surface area contributed by atoms with Gasteiger partial charge in [0, 0.05) is 12.4 Å². The van der Waals surface area contributed by atoms with E-state index in [0.717, 1.165) is 5.39 Å². The normalized spacial score (nSPS) is 23.7. The van der Waals surface area contributed by atoms with Crippen molar-refractivity contribution in [3.63, 3.8) is 0 Å². The number of nitrogens with one attached hydrogen (secondary N) is 2. The van der Waals surface area contributed by atoms with Gasteiger partial charge < -0.3 is 24.4 Å². The number of aryl methyl sites for hydroxylation is 1. The summed E-state index contributed by atoms with van der Waals surface area (Å²) < 4.78 is 54.6. The van der Waals surface area contributed by atoms with Gasteiger partial charge in [0.15, 0.2) is 29.4 Å². The van der Waals surface area contributed by atoms with E-state index in [-0.39, 0.29) is 11.4 Å². The van der Waals surface area contributed by atoms with Gasteiger partial charge in [0.05, 0.1) is 24.9 Å². The second-order valence-corrected chi connectivity index (χ2v) is 12.9. The molecule has 0 saturated carbocycles. The molecular weight excluding hydrogens is 630 g/mol. The Bertz CT molecular complexity index is 1740. The number of alkyl halides is 2. The summed E-state index contributed by atoms with van der Waals surface area (Å²) in [7, 11) is -2.79. The third-order valence-corrected chi connectivity index (χ3v) is 9.31. The molecule has 1 fully saturated rings. The summed E-state index contributed by atoms with van der Waals surface area (Å²) in [6, 6.07) is 11.3. The molecule has 0 amide bonds. The maximum atomic E-state index is 15.8. The Morgan fingerprint density at radius 1 is 1.22 bits per heavy atom. The lowest BCUT2D eigenvalue weighted by molar-refractivity contribution is -0.149. The van der Waals surface area contributed by atoms with E-state index in [2.05, 4.69) is 25.4 Å². The van der Waals surface area contributed by atoms with Gasteiger partial charge in [-0.15, -0.1) is 11.6 Å². The number of ether oxygens (including phenoxy) is 2. The molecule has 3 N–H and O–H groups in total. The second-order valence-electron chi connectivity index (χ2n) is 11.0. The van der Waals surface area contributed by atoms with Gasteiger partial charge in [0.2, 0.25) is 0 Å². The number of aliphatic hydroxyl groups excluding tert-OH is 1. The number of benzene rings is 2. The van der Waals surface area contributed by atoms with Crippen LogP contribution in [0.3, 0.4) is 0 Å². The van der Waals surface area contributed by atoms with E-state index in [1.165, 1.54) is 17.8 Å². The summed E-state index contributed by atoms with van der Waals surface area (Å²) in [6.07, 6.45) is -4.36. The van der Waals surface area contributed by atoms with E-state index in [9.17, 15) is 14.5 Å². The summed E-state index contributed by atoms with van der Waals surface area (Å²) in [5.74, 6) is -0.124. The molecule has 1 aliphatic heterocycles. The first-order valence-corrected chi connectivity index (χ1v) is 16.3. The van der Waals surface area contributed by atoms with Crippen molar-refractivity contribution >= 4 is 53.1 Å². The fourth-order valence-electron chi connectivity index (χ4n) is 5.00. The fraction of sp³-hybridized carbons (Fsp3) is 0.448. The quantitative estimate of drug-likeness (QED) is 0.109. The third kappa shape index (κ3) is 6.62. The molecule has 242 valence electrons. The van der Waals surface area contributed by atoms with Crippen molar-refractivity contribution in [2.24, 2.45) is 0 Å². The Kier molecular flexibility index (Phi) is 9.64. The number of carbonyl (C=O) groups excluding carboxylic acids is 1.